The Morgan fingerprint density at radius 3 is 2.62 bits per heavy atom. The second-order valence-corrected chi connectivity index (χ2v) is 5.66. The van der Waals surface area contributed by atoms with Gasteiger partial charge in [0.05, 0.1) is 18.7 Å². The molecule has 0 spiro atoms. The van der Waals surface area contributed by atoms with Crippen molar-refractivity contribution in [2.24, 2.45) is 0 Å². The van der Waals surface area contributed by atoms with Crippen LogP contribution in [-0.4, -0.2) is 13.7 Å². The summed E-state index contributed by atoms with van der Waals surface area (Å²) in [6, 6.07) is 11.7. The standard InChI is InChI=1S/C16H17BrClNO2/c1-3-21-15-7-4-11(8-16(15)20-2)10-19-12-5-6-13(17)14(18)9-12/h4-9,19H,3,10H2,1-2H3. The Balaban J connectivity index is 2.07. The number of hydrogen-bond donors (Lipinski definition) is 1. The van der Waals surface area contributed by atoms with Crippen LogP contribution in [0.1, 0.15) is 12.5 Å². The Morgan fingerprint density at radius 2 is 1.95 bits per heavy atom. The van der Waals surface area contributed by atoms with Gasteiger partial charge in [-0.2, -0.15) is 0 Å². The number of benzene rings is 2. The van der Waals surface area contributed by atoms with Crippen molar-refractivity contribution in [1.82, 2.24) is 0 Å². The Labute approximate surface area is 138 Å². The summed E-state index contributed by atoms with van der Waals surface area (Å²) in [6.45, 7) is 3.25. The molecule has 0 bridgehead atoms. The Morgan fingerprint density at radius 1 is 1.14 bits per heavy atom. The van der Waals surface area contributed by atoms with Gasteiger partial charge in [0.15, 0.2) is 11.5 Å². The minimum Gasteiger partial charge on any atom is -0.493 e. The number of hydrogen-bond acceptors (Lipinski definition) is 3. The fourth-order valence-corrected chi connectivity index (χ4v) is 2.33. The van der Waals surface area contributed by atoms with Gasteiger partial charge in [0.25, 0.3) is 0 Å². The van der Waals surface area contributed by atoms with Crippen LogP contribution in [0.15, 0.2) is 40.9 Å². The van der Waals surface area contributed by atoms with Gasteiger partial charge in [0, 0.05) is 16.7 Å². The number of nitrogens with one attached hydrogen (secondary N) is 1. The van der Waals surface area contributed by atoms with Crippen molar-refractivity contribution in [3.8, 4) is 11.5 Å². The summed E-state index contributed by atoms with van der Waals surface area (Å²) in [5.41, 5.74) is 2.07. The molecule has 2 aromatic carbocycles. The monoisotopic (exact) mass is 369 g/mol. The third-order valence-electron chi connectivity index (χ3n) is 2.94. The van der Waals surface area contributed by atoms with Crippen LogP contribution in [0.2, 0.25) is 5.02 Å². The van der Waals surface area contributed by atoms with Crippen LogP contribution >= 0.6 is 27.5 Å². The van der Waals surface area contributed by atoms with Gasteiger partial charge in [-0.3, -0.25) is 0 Å². The van der Waals surface area contributed by atoms with Crippen LogP contribution in [0.4, 0.5) is 5.69 Å². The SMILES string of the molecule is CCOc1ccc(CNc2ccc(Br)c(Cl)c2)cc1OC. The Kier molecular flexibility index (Phi) is 5.76. The third kappa shape index (κ3) is 4.29. The molecule has 112 valence electrons. The van der Waals surface area contributed by atoms with Gasteiger partial charge in [-0.1, -0.05) is 17.7 Å². The summed E-state index contributed by atoms with van der Waals surface area (Å²) in [5, 5.41) is 4.01. The van der Waals surface area contributed by atoms with Crippen molar-refractivity contribution in [3.63, 3.8) is 0 Å². The summed E-state index contributed by atoms with van der Waals surface area (Å²) in [5.74, 6) is 1.50. The van der Waals surface area contributed by atoms with E-state index >= 15 is 0 Å². The maximum absolute atomic E-state index is 6.08. The second-order valence-electron chi connectivity index (χ2n) is 4.40. The average Bonchev–Trinajstić information content (AvgIpc) is 2.49. The minimum atomic E-state index is 0.616. The highest BCUT2D eigenvalue weighted by Crippen LogP contribution is 2.29. The molecule has 2 aromatic rings. The first-order valence-electron chi connectivity index (χ1n) is 6.62. The van der Waals surface area contributed by atoms with Crippen LogP contribution in [0.3, 0.4) is 0 Å². The van der Waals surface area contributed by atoms with Gasteiger partial charge in [0.1, 0.15) is 0 Å². The summed E-state index contributed by atoms with van der Waals surface area (Å²) in [6.07, 6.45) is 0. The molecule has 0 unspecified atom stereocenters. The highest BCUT2D eigenvalue weighted by Gasteiger charge is 2.05. The highest BCUT2D eigenvalue weighted by molar-refractivity contribution is 9.10. The normalized spacial score (nSPS) is 10.3. The summed E-state index contributed by atoms with van der Waals surface area (Å²) in [7, 11) is 1.64. The third-order valence-corrected chi connectivity index (χ3v) is 4.18. The molecule has 3 nitrogen and oxygen atoms in total. The van der Waals surface area contributed by atoms with E-state index in [1.54, 1.807) is 7.11 Å². The van der Waals surface area contributed by atoms with E-state index in [1.807, 2.05) is 43.3 Å². The molecule has 2 rings (SSSR count). The number of methoxy groups -OCH3 is 1. The zero-order valence-corrected chi connectivity index (χ0v) is 14.3. The van der Waals surface area contributed by atoms with Crippen molar-refractivity contribution in [3.05, 3.63) is 51.5 Å². The first-order valence-corrected chi connectivity index (χ1v) is 7.79. The molecule has 0 amide bonds. The zero-order chi connectivity index (χ0) is 15.2. The van der Waals surface area contributed by atoms with Gasteiger partial charge in [0.2, 0.25) is 0 Å². The lowest BCUT2D eigenvalue weighted by Gasteiger charge is -2.12. The van der Waals surface area contributed by atoms with Crippen molar-refractivity contribution in [1.29, 1.82) is 0 Å². The molecule has 0 aliphatic rings. The van der Waals surface area contributed by atoms with Crippen molar-refractivity contribution in [2.45, 2.75) is 13.5 Å². The van der Waals surface area contributed by atoms with E-state index in [4.69, 9.17) is 21.1 Å². The molecular formula is C16H17BrClNO2. The second kappa shape index (κ2) is 7.57. The molecule has 0 fully saturated rings. The molecular weight excluding hydrogens is 354 g/mol. The molecule has 0 saturated heterocycles. The molecule has 0 radical (unpaired) electrons. The molecule has 0 aromatic heterocycles. The van der Waals surface area contributed by atoms with E-state index in [0.717, 1.165) is 27.2 Å². The Bertz CT molecular complexity index is 619. The van der Waals surface area contributed by atoms with Crippen LogP contribution in [0.25, 0.3) is 0 Å². The molecule has 0 atom stereocenters. The van der Waals surface area contributed by atoms with Crippen LogP contribution in [0.5, 0.6) is 11.5 Å². The number of anilines is 1. The van der Waals surface area contributed by atoms with E-state index in [-0.39, 0.29) is 0 Å². The molecule has 1 N–H and O–H groups in total. The fraction of sp³-hybridized carbons (Fsp3) is 0.250. The van der Waals surface area contributed by atoms with Crippen molar-refractivity contribution < 1.29 is 9.47 Å². The quantitative estimate of drug-likeness (QED) is 0.765. The van der Waals surface area contributed by atoms with Gasteiger partial charge in [-0.15, -0.1) is 0 Å². The lowest BCUT2D eigenvalue weighted by atomic mass is 10.2. The molecule has 5 heteroatoms. The first-order chi connectivity index (χ1) is 10.1. The predicted molar refractivity (Wildman–Crippen MR) is 90.6 cm³/mol. The van der Waals surface area contributed by atoms with E-state index in [2.05, 4.69) is 21.2 Å². The number of ether oxygens (including phenoxy) is 2. The summed E-state index contributed by atoms with van der Waals surface area (Å²) < 4.78 is 11.7. The highest BCUT2D eigenvalue weighted by atomic mass is 79.9. The van der Waals surface area contributed by atoms with Crippen LogP contribution in [0, 0.1) is 0 Å². The smallest absolute Gasteiger partial charge is 0.161 e. The predicted octanol–water partition coefficient (Wildman–Crippen LogP) is 5.12. The maximum Gasteiger partial charge on any atom is 0.161 e. The van der Waals surface area contributed by atoms with Gasteiger partial charge in [-0.05, 0) is 58.7 Å². The molecule has 0 heterocycles. The maximum atomic E-state index is 6.08. The van der Waals surface area contributed by atoms with Crippen LogP contribution < -0.4 is 14.8 Å². The van der Waals surface area contributed by atoms with Gasteiger partial charge in [-0.25, -0.2) is 0 Å². The molecule has 0 aliphatic heterocycles. The van der Waals surface area contributed by atoms with Gasteiger partial charge >= 0.3 is 0 Å². The summed E-state index contributed by atoms with van der Waals surface area (Å²) >= 11 is 9.45. The molecule has 21 heavy (non-hydrogen) atoms. The fourth-order valence-electron chi connectivity index (χ4n) is 1.91. The lowest BCUT2D eigenvalue weighted by Crippen LogP contribution is -2.01. The molecule has 0 saturated carbocycles. The lowest BCUT2D eigenvalue weighted by molar-refractivity contribution is 0.310. The van der Waals surface area contributed by atoms with Gasteiger partial charge < -0.3 is 14.8 Å². The van der Waals surface area contributed by atoms with Crippen LogP contribution in [-0.2, 0) is 6.54 Å². The average molecular weight is 371 g/mol. The number of rotatable bonds is 6. The topological polar surface area (TPSA) is 30.5 Å². The molecule has 0 aliphatic carbocycles. The van der Waals surface area contributed by atoms with Crippen molar-refractivity contribution in [2.75, 3.05) is 19.0 Å². The van der Waals surface area contributed by atoms with E-state index in [0.29, 0.717) is 18.2 Å². The largest absolute Gasteiger partial charge is 0.493 e. The summed E-state index contributed by atoms with van der Waals surface area (Å²) in [4.78, 5) is 0. The van der Waals surface area contributed by atoms with E-state index in [9.17, 15) is 0 Å². The van der Waals surface area contributed by atoms with E-state index in [1.165, 1.54) is 0 Å². The Hall–Kier alpha value is -1.39. The number of halogens is 2. The zero-order valence-electron chi connectivity index (χ0n) is 12.0. The minimum absolute atomic E-state index is 0.616. The van der Waals surface area contributed by atoms with Crippen molar-refractivity contribution >= 4 is 33.2 Å². The first kappa shape index (κ1) is 16.0. The van der Waals surface area contributed by atoms with E-state index < -0.39 is 0 Å².